The van der Waals surface area contributed by atoms with E-state index in [1.54, 1.807) is 0 Å². The number of rotatable bonds is 4. The molecule has 0 aliphatic rings. The van der Waals surface area contributed by atoms with Crippen LogP contribution in [-0.2, 0) is 0 Å². The van der Waals surface area contributed by atoms with E-state index in [0.29, 0.717) is 0 Å². The van der Waals surface area contributed by atoms with Gasteiger partial charge in [0.25, 0.3) is 0 Å². The summed E-state index contributed by atoms with van der Waals surface area (Å²) in [7, 11) is 0. The van der Waals surface area contributed by atoms with Crippen LogP contribution in [0.5, 0.6) is 0 Å². The molecule has 0 spiro atoms. The van der Waals surface area contributed by atoms with E-state index in [4.69, 9.17) is 9.97 Å². The summed E-state index contributed by atoms with van der Waals surface area (Å²) >= 11 is 0. The van der Waals surface area contributed by atoms with Crippen LogP contribution in [0.25, 0.3) is 55.8 Å². The van der Waals surface area contributed by atoms with Gasteiger partial charge in [-0.05, 0) is 41.5 Å². The van der Waals surface area contributed by atoms with Crippen LogP contribution in [0.15, 0.2) is 133 Å². The van der Waals surface area contributed by atoms with Crippen molar-refractivity contribution in [3.05, 3.63) is 133 Å². The fourth-order valence-electron chi connectivity index (χ4n) is 4.30. The molecule has 4 aromatic carbocycles. The van der Waals surface area contributed by atoms with Crippen molar-refractivity contribution in [3.63, 3.8) is 0 Å². The topological polar surface area (TPSA) is 25.8 Å². The minimum atomic E-state index is 0.964. The molecular formula is C32H22N2. The van der Waals surface area contributed by atoms with Crippen molar-refractivity contribution in [3.8, 4) is 44.9 Å². The lowest BCUT2D eigenvalue weighted by Gasteiger charge is -2.11. The molecule has 6 aromatic rings. The molecule has 0 saturated carbocycles. The van der Waals surface area contributed by atoms with E-state index in [2.05, 4.69) is 109 Å². The highest BCUT2D eigenvalue weighted by Gasteiger charge is 2.10. The van der Waals surface area contributed by atoms with E-state index in [-0.39, 0.29) is 0 Å². The van der Waals surface area contributed by atoms with Crippen LogP contribution in [0.4, 0.5) is 0 Å². The highest BCUT2D eigenvalue weighted by molar-refractivity contribution is 5.83. The molecule has 0 aliphatic carbocycles. The van der Waals surface area contributed by atoms with Gasteiger partial charge in [-0.1, -0.05) is 103 Å². The number of pyridine rings is 2. The molecule has 0 fully saturated rings. The highest BCUT2D eigenvalue weighted by Crippen LogP contribution is 2.32. The van der Waals surface area contributed by atoms with Crippen LogP contribution in [-0.4, -0.2) is 9.97 Å². The summed E-state index contributed by atoms with van der Waals surface area (Å²) in [6, 6.07) is 46.1. The Bertz CT molecular complexity index is 1530. The van der Waals surface area contributed by atoms with Crippen molar-refractivity contribution >= 4 is 10.9 Å². The normalized spacial score (nSPS) is 10.9. The third kappa shape index (κ3) is 3.98. The molecule has 6 rings (SSSR count). The fraction of sp³-hybridized carbons (Fsp3) is 0. The number of nitrogens with zero attached hydrogens (tertiary/aromatic N) is 2. The first-order chi connectivity index (χ1) is 16.8. The largest absolute Gasteiger partial charge is 0.248 e. The molecule has 0 amide bonds. The zero-order valence-corrected chi connectivity index (χ0v) is 18.6. The van der Waals surface area contributed by atoms with Crippen molar-refractivity contribution in [1.82, 2.24) is 9.97 Å². The molecule has 0 aliphatic heterocycles. The summed E-state index contributed by atoms with van der Waals surface area (Å²) in [5, 5.41) is 1.15. The van der Waals surface area contributed by atoms with E-state index in [0.717, 1.165) is 55.8 Å². The van der Waals surface area contributed by atoms with E-state index in [1.807, 2.05) is 24.3 Å². The second-order valence-corrected chi connectivity index (χ2v) is 8.33. The maximum absolute atomic E-state index is 5.00. The zero-order chi connectivity index (χ0) is 22.7. The van der Waals surface area contributed by atoms with Crippen LogP contribution in [0, 0.1) is 0 Å². The van der Waals surface area contributed by atoms with Crippen molar-refractivity contribution in [2.24, 2.45) is 0 Å². The smallest absolute Gasteiger partial charge is 0.0715 e. The Morgan fingerprint density at radius 2 is 0.912 bits per heavy atom. The van der Waals surface area contributed by atoms with Gasteiger partial charge in [0.1, 0.15) is 0 Å². The number of benzene rings is 4. The Labute approximate surface area is 199 Å². The summed E-state index contributed by atoms with van der Waals surface area (Å²) in [5.41, 5.74) is 9.50. The monoisotopic (exact) mass is 434 g/mol. The molecule has 0 bridgehead atoms. The Kier molecular flexibility index (Phi) is 5.17. The van der Waals surface area contributed by atoms with E-state index >= 15 is 0 Å². The first-order valence-corrected chi connectivity index (χ1v) is 11.4. The first-order valence-electron chi connectivity index (χ1n) is 11.4. The summed E-state index contributed by atoms with van der Waals surface area (Å²) in [4.78, 5) is 9.90. The molecule has 160 valence electrons. The quantitative estimate of drug-likeness (QED) is 0.279. The van der Waals surface area contributed by atoms with Gasteiger partial charge in [-0.2, -0.15) is 0 Å². The lowest BCUT2D eigenvalue weighted by molar-refractivity contribution is 1.32. The highest BCUT2D eigenvalue weighted by atomic mass is 14.7. The van der Waals surface area contributed by atoms with Crippen LogP contribution < -0.4 is 0 Å². The SMILES string of the molecule is c1ccc(-c2cc(-c3cccc(-c4ccc5ccccc5n4)c3)cc(-c3ccccc3)n2)cc1. The fourth-order valence-corrected chi connectivity index (χ4v) is 4.30. The Morgan fingerprint density at radius 3 is 1.62 bits per heavy atom. The van der Waals surface area contributed by atoms with E-state index < -0.39 is 0 Å². The van der Waals surface area contributed by atoms with Gasteiger partial charge in [0.2, 0.25) is 0 Å². The molecular weight excluding hydrogens is 412 g/mol. The molecule has 2 nitrogen and oxygen atoms in total. The standard InChI is InChI=1S/C32H22N2/c1-3-10-23(11-4-1)31-21-28(22-32(34-31)24-12-5-2-6-13-24)26-15-9-16-27(20-26)30-19-18-25-14-7-8-17-29(25)33-30/h1-22H. The number of hydrogen-bond acceptors (Lipinski definition) is 2. The Hall–Kier alpha value is -4.56. The van der Waals surface area contributed by atoms with Crippen LogP contribution in [0.2, 0.25) is 0 Å². The molecule has 2 aromatic heterocycles. The van der Waals surface area contributed by atoms with E-state index in [1.165, 1.54) is 0 Å². The van der Waals surface area contributed by atoms with Gasteiger partial charge >= 0.3 is 0 Å². The van der Waals surface area contributed by atoms with Gasteiger partial charge in [-0.15, -0.1) is 0 Å². The minimum Gasteiger partial charge on any atom is -0.248 e. The summed E-state index contributed by atoms with van der Waals surface area (Å²) in [6.07, 6.45) is 0. The van der Waals surface area contributed by atoms with Gasteiger partial charge in [-0.3, -0.25) is 0 Å². The predicted octanol–water partition coefficient (Wildman–Crippen LogP) is 8.30. The maximum atomic E-state index is 5.00. The van der Waals surface area contributed by atoms with Crippen LogP contribution in [0.1, 0.15) is 0 Å². The number of para-hydroxylation sites is 1. The van der Waals surface area contributed by atoms with Crippen molar-refractivity contribution < 1.29 is 0 Å². The van der Waals surface area contributed by atoms with Gasteiger partial charge in [-0.25, -0.2) is 9.97 Å². The molecule has 0 N–H and O–H groups in total. The van der Waals surface area contributed by atoms with Gasteiger partial charge in [0.05, 0.1) is 22.6 Å². The first kappa shape index (κ1) is 20.1. The summed E-state index contributed by atoms with van der Waals surface area (Å²) in [5.74, 6) is 0. The molecule has 0 radical (unpaired) electrons. The number of fused-ring (bicyclic) bond motifs is 1. The summed E-state index contributed by atoms with van der Waals surface area (Å²) < 4.78 is 0. The molecule has 0 saturated heterocycles. The van der Waals surface area contributed by atoms with Gasteiger partial charge < -0.3 is 0 Å². The summed E-state index contributed by atoms with van der Waals surface area (Å²) in [6.45, 7) is 0. The van der Waals surface area contributed by atoms with Gasteiger partial charge in [0, 0.05) is 22.1 Å². The van der Waals surface area contributed by atoms with E-state index in [9.17, 15) is 0 Å². The molecule has 0 atom stereocenters. The van der Waals surface area contributed by atoms with Gasteiger partial charge in [0.15, 0.2) is 0 Å². The average molecular weight is 435 g/mol. The predicted molar refractivity (Wildman–Crippen MR) is 141 cm³/mol. The van der Waals surface area contributed by atoms with Crippen molar-refractivity contribution in [2.45, 2.75) is 0 Å². The van der Waals surface area contributed by atoms with Crippen molar-refractivity contribution in [2.75, 3.05) is 0 Å². The molecule has 2 heterocycles. The lowest BCUT2D eigenvalue weighted by atomic mass is 9.98. The van der Waals surface area contributed by atoms with Crippen LogP contribution >= 0.6 is 0 Å². The second-order valence-electron chi connectivity index (χ2n) is 8.33. The third-order valence-corrected chi connectivity index (χ3v) is 6.05. The Morgan fingerprint density at radius 1 is 0.324 bits per heavy atom. The van der Waals surface area contributed by atoms with Crippen LogP contribution in [0.3, 0.4) is 0 Å². The lowest BCUT2D eigenvalue weighted by Crippen LogP contribution is -1.91. The molecule has 2 heteroatoms. The third-order valence-electron chi connectivity index (χ3n) is 6.05. The Balaban J connectivity index is 1.48. The maximum Gasteiger partial charge on any atom is 0.0715 e. The zero-order valence-electron chi connectivity index (χ0n) is 18.6. The number of aromatic nitrogens is 2. The van der Waals surface area contributed by atoms with Crippen molar-refractivity contribution in [1.29, 1.82) is 0 Å². The molecule has 34 heavy (non-hydrogen) atoms. The average Bonchev–Trinajstić information content (AvgIpc) is 2.93. The molecule has 0 unspecified atom stereocenters. The number of hydrogen-bond donors (Lipinski definition) is 0. The minimum absolute atomic E-state index is 0.964. The second kappa shape index (κ2) is 8.76.